The van der Waals surface area contributed by atoms with Crippen LogP contribution in [-0.2, 0) is 6.42 Å². The zero-order valence-electron chi connectivity index (χ0n) is 15.8. The SMILES string of the molecule is C=C(N[C@H](C)c1ccc(CCCC2CC2)cn1)c1cc2ccc(F)cc2[nH]1. The first-order valence-corrected chi connectivity index (χ1v) is 9.77. The number of aromatic nitrogens is 2. The van der Waals surface area contributed by atoms with Crippen LogP contribution in [0.5, 0.6) is 0 Å². The van der Waals surface area contributed by atoms with Gasteiger partial charge in [-0.15, -0.1) is 0 Å². The molecule has 2 heterocycles. The molecule has 0 unspecified atom stereocenters. The number of halogens is 1. The fourth-order valence-electron chi connectivity index (χ4n) is 3.52. The van der Waals surface area contributed by atoms with E-state index in [2.05, 4.69) is 40.9 Å². The first-order valence-electron chi connectivity index (χ1n) is 9.77. The van der Waals surface area contributed by atoms with Crippen molar-refractivity contribution in [3.63, 3.8) is 0 Å². The van der Waals surface area contributed by atoms with E-state index < -0.39 is 0 Å². The van der Waals surface area contributed by atoms with Crippen LogP contribution in [0.2, 0.25) is 0 Å². The molecule has 1 aliphatic carbocycles. The lowest BCUT2D eigenvalue weighted by molar-refractivity contribution is 0.629. The summed E-state index contributed by atoms with van der Waals surface area (Å²) in [6.07, 6.45) is 8.58. The van der Waals surface area contributed by atoms with Crippen molar-refractivity contribution >= 4 is 16.6 Å². The Labute approximate surface area is 159 Å². The van der Waals surface area contributed by atoms with Crippen molar-refractivity contribution in [3.8, 4) is 0 Å². The molecule has 2 N–H and O–H groups in total. The highest BCUT2D eigenvalue weighted by Crippen LogP contribution is 2.33. The highest BCUT2D eigenvalue weighted by molar-refractivity contribution is 5.84. The third-order valence-corrected chi connectivity index (χ3v) is 5.37. The number of nitrogens with zero attached hydrogens (tertiary/aromatic N) is 1. The van der Waals surface area contributed by atoms with Gasteiger partial charge in [-0.05, 0) is 61.6 Å². The number of nitrogens with one attached hydrogen (secondary N) is 2. The topological polar surface area (TPSA) is 40.7 Å². The summed E-state index contributed by atoms with van der Waals surface area (Å²) in [4.78, 5) is 7.85. The normalized spacial score (nSPS) is 15.0. The Bertz CT molecular complexity index is 938. The molecule has 0 amide bonds. The second-order valence-electron chi connectivity index (χ2n) is 7.69. The molecule has 0 spiro atoms. The Morgan fingerprint density at radius 3 is 2.89 bits per heavy atom. The molecule has 1 atom stereocenters. The zero-order chi connectivity index (χ0) is 18.8. The average molecular weight is 363 g/mol. The van der Waals surface area contributed by atoms with Gasteiger partial charge in [0.15, 0.2) is 0 Å². The third-order valence-electron chi connectivity index (χ3n) is 5.37. The van der Waals surface area contributed by atoms with Gasteiger partial charge in [-0.1, -0.05) is 31.9 Å². The molecule has 0 aliphatic heterocycles. The first kappa shape index (κ1) is 17.8. The van der Waals surface area contributed by atoms with E-state index in [4.69, 9.17) is 0 Å². The molecule has 3 aromatic rings. The summed E-state index contributed by atoms with van der Waals surface area (Å²) in [6.45, 7) is 6.20. The van der Waals surface area contributed by atoms with Crippen LogP contribution >= 0.6 is 0 Å². The van der Waals surface area contributed by atoms with E-state index >= 15 is 0 Å². The second-order valence-corrected chi connectivity index (χ2v) is 7.69. The van der Waals surface area contributed by atoms with Crippen LogP contribution < -0.4 is 5.32 Å². The van der Waals surface area contributed by atoms with Gasteiger partial charge in [0.2, 0.25) is 0 Å². The average Bonchev–Trinajstić information content (AvgIpc) is 3.38. The van der Waals surface area contributed by atoms with E-state index in [1.165, 1.54) is 43.4 Å². The minimum absolute atomic E-state index is 0.0427. The molecule has 1 fully saturated rings. The Balaban J connectivity index is 1.36. The largest absolute Gasteiger partial charge is 0.376 e. The van der Waals surface area contributed by atoms with Crippen LogP contribution in [0.4, 0.5) is 4.39 Å². The van der Waals surface area contributed by atoms with Gasteiger partial charge in [0.25, 0.3) is 0 Å². The summed E-state index contributed by atoms with van der Waals surface area (Å²) in [6, 6.07) is 11.0. The van der Waals surface area contributed by atoms with Crippen LogP contribution in [0, 0.1) is 11.7 Å². The van der Waals surface area contributed by atoms with Gasteiger partial charge in [-0.2, -0.15) is 0 Å². The molecule has 0 bridgehead atoms. The summed E-state index contributed by atoms with van der Waals surface area (Å²) in [5.41, 5.74) is 4.70. The van der Waals surface area contributed by atoms with Gasteiger partial charge >= 0.3 is 0 Å². The summed E-state index contributed by atoms with van der Waals surface area (Å²) >= 11 is 0. The van der Waals surface area contributed by atoms with Crippen molar-refractivity contribution < 1.29 is 4.39 Å². The Morgan fingerprint density at radius 2 is 2.15 bits per heavy atom. The van der Waals surface area contributed by atoms with Crippen LogP contribution in [-0.4, -0.2) is 9.97 Å². The molecular weight excluding hydrogens is 337 g/mol. The Kier molecular flexibility index (Phi) is 4.97. The molecular formula is C23H26FN3. The van der Waals surface area contributed by atoms with Crippen LogP contribution in [0.1, 0.15) is 55.6 Å². The van der Waals surface area contributed by atoms with Crippen molar-refractivity contribution in [1.82, 2.24) is 15.3 Å². The molecule has 1 aromatic carbocycles. The first-order chi connectivity index (χ1) is 13.1. The Hall–Kier alpha value is -2.62. The maximum Gasteiger partial charge on any atom is 0.125 e. The highest BCUT2D eigenvalue weighted by atomic mass is 19.1. The van der Waals surface area contributed by atoms with E-state index in [0.29, 0.717) is 0 Å². The minimum Gasteiger partial charge on any atom is -0.376 e. The molecule has 0 radical (unpaired) electrons. The number of hydrogen-bond acceptors (Lipinski definition) is 2. The second kappa shape index (κ2) is 7.55. The monoisotopic (exact) mass is 363 g/mol. The lowest BCUT2D eigenvalue weighted by atomic mass is 10.1. The fraction of sp³-hybridized carbons (Fsp3) is 0.348. The number of hydrogen-bond donors (Lipinski definition) is 2. The van der Waals surface area contributed by atoms with Gasteiger partial charge in [0.05, 0.1) is 23.1 Å². The Morgan fingerprint density at radius 1 is 1.30 bits per heavy atom. The molecule has 1 saturated carbocycles. The van der Waals surface area contributed by atoms with E-state index in [1.807, 2.05) is 12.3 Å². The van der Waals surface area contributed by atoms with Crippen LogP contribution in [0.15, 0.2) is 49.2 Å². The van der Waals surface area contributed by atoms with Crippen molar-refractivity contribution in [2.45, 2.75) is 45.1 Å². The van der Waals surface area contributed by atoms with Gasteiger partial charge in [-0.25, -0.2) is 4.39 Å². The maximum atomic E-state index is 13.4. The van der Waals surface area contributed by atoms with E-state index in [1.54, 1.807) is 6.07 Å². The van der Waals surface area contributed by atoms with Crippen molar-refractivity contribution in [3.05, 3.63) is 71.9 Å². The summed E-state index contributed by atoms with van der Waals surface area (Å²) in [5, 5.41) is 4.36. The van der Waals surface area contributed by atoms with E-state index in [9.17, 15) is 4.39 Å². The van der Waals surface area contributed by atoms with E-state index in [0.717, 1.165) is 40.3 Å². The van der Waals surface area contributed by atoms with Gasteiger partial charge < -0.3 is 10.3 Å². The smallest absolute Gasteiger partial charge is 0.125 e. The third kappa shape index (κ3) is 4.38. The number of pyridine rings is 1. The van der Waals surface area contributed by atoms with Gasteiger partial charge in [-0.3, -0.25) is 4.98 Å². The van der Waals surface area contributed by atoms with Crippen molar-refractivity contribution in [2.75, 3.05) is 0 Å². The molecule has 4 rings (SSSR count). The number of aryl methyl sites for hydroxylation is 1. The van der Waals surface area contributed by atoms with Crippen molar-refractivity contribution in [2.24, 2.45) is 5.92 Å². The fourth-order valence-corrected chi connectivity index (χ4v) is 3.52. The molecule has 27 heavy (non-hydrogen) atoms. The number of H-pyrrole nitrogens is 1. The predicted molar refractivity (Wildman–Crippen MR) is 109 cm³/mol. The molecule has 140 valence electrons. The maximum absolute atomic E-state index is 13.4. The highest BCUT2D eigenvalue weighted by Gasteiger charge is 2.20. The number of benzene rings is 1. The summed E-state index contributed by atoms with van der Waals surface area (Å²) in [7, 11) is 0. The van der Waals surface area contributed by atoms with Crippen molar-refractivity contribution in [1.29, 1.82) is 0 Å². The van der Waals surface area contributed by atoms with E-state index in [-0.39, 0.29) is 11.9 Å². The quantitative estimate of drug-likeness (QED) is 0.534. The minimum atomic E-state index is -0.246. The molecule has 0 saturated heterocycles. The van der Waals surface area contributed by atoms with Crippen LogP contribution in [0.25, 0.3) is 16.6 Å². The predicted octanol–water partition coefficient (Wildman–Crippen LogP) is 5.76. The molecule has 3 nitrogen and oxygen atoms in total. The lowest BCUT2D eigenvalue weighted by Gasteiger charge is -2.16. The molecule has 1 aliphatic rings. The lowest BCUT2D eigenvalue weighted by Crippen LogP contribution is -2.17. The standard InChI is InChI=1S/C23H26FN3/c1-15(21-11-8-18(14-25-21)5-3-4-17-6-7-17)26-16(2)22-12-19-9-10-20(24)13-23(19)27-22/h8-15,17,26-27H,2-7H2,1H3/t15-/m1/s1. The number of aromatic amines is 1. The molecule has 2 aromatic heterocycles. The number of rotatable bonds is 8. The number of fused-ring (bicyclic) bond motifs is 1. The summed E-state index contributed by atoms with van der Waals surface area (Å²) in [5.74, 6) is 0.748. The van der Waals surface area contributed by atoms with Gasteiger partial charge in [0, 0.05) is 17.1 Å². The van der Waals surface area contributed by atoms with Crippen LogP contribution in [0.3, 0.4) is 0 Å². The molecule has 4 heteroatoms. The van der Waals surface area contributed by atoms with Gasteiger partial charge in [0.1, 0.15) is 5.82 Å². The summed E-state index contributed by atoms with van der Waals surface area (Å²) < 4.78 is 13.4. The zero-order valence-corrected chi connectivity index (χ0v) is 15.8.